The molecule has 0 bridgehead atoms. The summed E-state index contributed by atoms with van der Waals surface area (Å²) < 4.78 is 5.03. The van der Waals surface area contributed by atoms with Crippen LogP contribution in [-0.2, 0) is 14.3 Å². The first-order valence-corrected chi connectivity index (χ1v) is 8.18. The second-order valence-corrected chi connectivity index (χ2v) is 6.04. The Kier molecular flexibility index (Phi) is 5.92. The number of thiophene rings is 1. The molecule has 0 unspecified atom stereocenters. The zero-order chi connectivity index (χ0) is 15.9. The van der Waals surface area contributed by atoms with Gasteiger partial charge in [0.25, 0.3) is 0 Å². The lowest BCUT2D eigenvalue weighted by atomic mass is 9.97. The predicted octanol–water partition coefficient (Wildman–Crippen LogP) is 1.83. The van der Waals surface area contributed by atoms with Crippen LogP contribution in [0, 0.1) is 17.2 Å². The fraction of sp³-hybridized carbons (Fsp3) is 0.533. The molecule has 7 heteroatoms. The van der Waals surface area contributed by atoms with Crippen LogP contribution in [0.15, 0.2) is 11.4 Å². The van der Waals surface area contributed by atoms with Crippen LogP contribution in [0.2, 0.25) is 0 Å². The van der Waals surface area contributed by atoms with Gasteiger partial charge in [-0.25, -0.2) is 0 Å². The van der Waals surface area contributed by atoms with Crippen molar-refractivity contribution < 1.29 is 14.3 Å². The lowest BCUT2D eigenvalue weighted by molar-refractivity contribution is -0.149. The van der Waals surface area contributed by atoms with E-state index in [0.717, 1.165) is 0 Å². The molecule has 1 aliphatic rings. The van der Waals surface area contributed by atoms with Crippen molar-refractivity contribution in [3.63, 3.8) is 0 Å². The van der Waals surface area contributed by atoms with E-state index in [-0.39, 0.29) is 24.3 Å². The number of anilines is 1. The van der Waals surface area contributed by atoms with E-state index < -0.39 is 0 Å². The summed E-state index contributed by atoms with van der Waals surface area (Å²) in [6, 6.07) is 3.73. The van der Waals surface area contributed by atoms with Crippen molar-refractivity contribution in [3.8, 4) is 6.07 Å². The van der Waals surface area contributed by atoms with Crippen molar-refractivity contribution in [3.05, 3.63) is 17.0 Å². The summed E-state index contributed by atoms with van der Waals surface area (Å²) in [7, 11) is 0. The molecule has 118 valence electrons. The van der Waals surface area contributed by atoms with Gasteiger partial charge in [-0.2, -0.15) is 5.26 Å². The molecule has 0 radical (unpaired) electrons. The Balaban J connectivity index is 1.77. The van der Waals surface area contributed by atoms with E-state index in [2.05, 4.69) is 5.32 Å². The van der Waals surface area contributed by atoms with E-state index in [1.165, 1.54) is 11.3 Å². The Hall–Kier alpha value is -1.91. The number of amides is 1. The Bertz CT molecular complexity index is 571. The maximum atomic E-state index is 12.0. The smallest absolute Gasteiger partial charge is 0.309 e. The molecule has 0 saturated carbocycles. The van der Waals surface area contributed by atoms with E-state index in [9.17, 15) is 9.59 Å². The number of esters is 1. The SMILES string of the molecule is CCOC(=O)C1CCN(CC(=O)Nc2sccc2C#N)CC1. The molecule has 2 rings (SSSR count). The number of carbonyl (C=O) groups is 2. The normalized spacial score (nSPS) is 16.0. The molecule has 1 fully saturated rings. The number of nitrogens with one attached hydrogen (secondary N) is 1. The van der Waals surface area contributed by atoms with Gasteiger partial charge in [-0.3, -0.25) is 14.5 Å². The second-order valence-electron chi connectivity index (χ2n) is 5.13. The molecule has 0 atom stereocenters. The van der Waals surface area contributed by atoms with Crippen molar-refractivity contribution in [2.24, 2.45) is 5.92 Å². The molecule has 0 spiro atoms. The van der Waals surface area contributed by atoms with Crippen molar-refractivity contribution in [2.45, 2.75) is 19.8 Å². The maximum absolute atomic E-state index is 12.0. The molecular formula is C15H19N3O3S. The fourth-order valence-corrected chi connectivity index (χ4v) is 3.20. The number of hydrogen-bond acceptors (Lipinski definition) is 6. The third-order valence-electron chi connectivity index (χ3n) is 3.61. The molecule has 1 aromatic heterocycles. The summed E-state index contributed by atoms with van der Waals surface area (Å²) in [6.07, 6.45) is 1.43. The molecule has 2 heterocycles. The number of nitriles is 1. The molecule has 1 amide bonds. The quantitative estimate of drug-likeness (QED) is 0.837. The number of rotatable bonds is 5. The van der Waals surface area contributed by atoms with E-state index in [1.807, 2.05) is 11.0 Å². The average molecular weight is 321 g/mol. The summed E-state index contributed by atoms with van der Waals surface area (Å²) in [5.41, 5.74) is 0.486. The Morgan fingerprint density at radius 2 is 2.23 bits per heavy atom. The number of carbonyl (C=O) groups excluding carboxylic acids is 2. The minimum Gasteiger partial charge on any atom is -0.466 e. The zero-order valence-corrected chi connectivity index (χ0v) is 13.3. The van der Waals surface area contributed by atoms with Crippen LogP contribution in [-0.4, -0.2) is 43.0 Å². The average Bonchev–Trinajstić information content (AvgIpc) is 2.95. The van der Waals surface area contributed by atoms with Crippen LogP contribution in [0.5, 0.6) is 0 Å². The van der Waals surface area contributed by atoms with Crippen LogP contribution in [0.1, 0.15) is 25.3 Å². The number of nitrogens with zero attached hydrogens (tertiary/aromatic N) is 2. The van der Waals surface area contributed by atoms with E-state index in [0.29, 0.717) is 43.1 Å². The van der Waals surface area contributed by atoms with E-state index in [1.54, 1.807) is 18.4 Å². The van der Waals surface area contributed by atoms with Gasteiger partial charge in [0.15, 0.2) is 0 Å². The topological polar surface area (TPSA) is 82.4 Å². The summed E-state index contributed by atoms with van der Waals surface area (Å²) in [5, 5.41) is 14.1. The first-order chi connectivity index (χ1) is 10.6. The van der Waals surface area contributed by atoms with Crippen LogP contribution in [0.3, 0.4) is 0 Å². The fourth-order valence-electron chi connectivity index (χ4n) is 2.45. The molecule has 1 aromatic rings. The maximum Gasteiger partial charge on any atom is 0.309 e. The molecule has 0 aliphatic carbocycles. The minimum atomic E-state index is -0.135. The van der Waals surface area contributed by atoms with Gasteiger partial charge in [0, 0.05) is 0 Å². The van der Waals surface area contributed by atoms with Gasteiger partial charge in [0.05, 0.1) is 24.6 Å². The van der Waals surface area contributed by atoms with Gasteiger partial charge < -0.3 is 10.1 Å². The molecular weight excluding hydrogens is 302 g/mol. The van der Waals surface area contributed by atoms with Gasteiger partial charge >= 0.3 is 5.97 Å². The summed E-state index contributed by atoms with van der Waals surface area (Å²) >= 11 is 1.34. The largest absolute Gasteiger partial charge is 0.466 e. The van der Waals surface area contributed by atoms with Gasteiger partial charge in [0.2, 0.25) is 5.91 Å². The molecule has 0 aromatic carbocycles. The molecule has 1 aliphatic heterocycles. The van der Waals surface area contributed by atoms with Crippen LogP contribution >= 0.6 is 11.3 Å². The van der Waals surface area contributed by atoms with Crippen LogP contribution < -0.4 is 5.32 Å². The Labute approximate surface area is 133 Å². The Morgan fingerprint density at radius 1 is 1.50 bits per heavy atom. The zero-order valence-electron chi connectivity index (χ0n) is 12.5. The third kappa shape index (κ3) is 4.29. The number of ether oxygens (including phenoxy) is 1. The number of hydrogen-bond donors (Lipinski definition) is 1. The predicted molar refractivity (Wildman–Crippen MR) is 83.5 cm³/mol. The van der Waals surface area contributed by atoms with Crippen molar-refractivity contribution in [1.82, 2.24) is 4.90 Å². The highest BCUT2D eigenvalue weighted by atomic mass is 32.1. The number of piperidine rings is 1. The van der Waals surface area contributed by atoms with Crippen molar-refractivity contribution >= 4 is 28.2 Å². The molecule has 1 saturated heterocycles. The minimum absolute atomic E-state index is 0.0539. The lowest BCUT2D eigenvalue weighted by Gasteiger charge is -2.30. The third-order valence-corrected chi connectivity index (χ3v) is 4.44. The first kappa shape index (κ1) is 16.5. The molecule has 6 nitrogen and oxygen atoms in total. The molecule has 1 N–H and O–H groups in total. The van der Waals surface area contributed by atoms with Crippen LogP contribution in [0.25, 0.3) is 0 Å². The standard InChI is InChI=1S/C15H19N3O3S/c1-2-21-15(20)11-3-6-18(7-4-11)10-13(19)17-14-12(9-16)5-8-22-14/h5,8,11H,2-4,6-7,10H2,1H3,(H,17,19). The van der Waals surface area contributed by atoms with Crippen molar-refractivity contribution in [2.75, 3.05) is 31.6 Å². The lowest BCUT2D eigenvalue weighted by Crippen LogP contribution is -2.41. The van der Waals surface area contributed by atoms with E-state index >= 15 is 0 Å². The molecule has 22 heavy (non-hydrogen) atoms. The summed E-state index contributed by atoms with van der Waals surface area (Å²) in [5.74, 6) is -0.320. The van der Waals surface area contributed by atoms with Crippen molar-refractivity contribution in [1.29, 1.82) is 5.26 Å². The first-order valence-electron chi connectivity index (χ1n) is 7.30. The van der Waals surface area contributed by atoms with Gasteiger partial charge in [-0.05, 0) is 44.3 Å². The highest BCUT2D eigenvalue weighted by Crippen LogP contribution is 2.22. The number of likely N-dealkylation sites (tertiary alicyclic amines) is 1. The highest BCUT2D eigenvalue weighted by molar-refractivity contribution is 7.14. The van der Waals surface area contributed by atoms with Gasteiger partial charge in [-0.1, -0.05) is 0 Å². The second kappa shape index (κ2) is 7.92. The van der Waals surface area contributed by atoms with Crippen LogP contribution in [0.4, 0.5) is 5.00 Å². The van der Waals surface area contributed by atoms with Gasteiger partial charge in [0.1, 0.15) is 11.1 Å². The summed E-state index contributed by atoms with van der Waals surface area (Å²) in [4.78, 5) is 25.7. The summed E-state index contributed by atoms with van der Waals surface area (Å²) in [6.45, 7) is 3.89. The monoisotopic (exact) mass is 321 g/mol. The van der Waals surface area contributed by atoms with E-state index in [4.69, 9.17) is 10.00 Å². The van der Waals surface area contributed by atoms with Gasteiger partial charge in [-0.15, -0.1) is 11.3 Å². The Morgan fingerprint density at radius 3 is 2.86 bits per heavy atom. The highest BCUT2D eigenvalue weighted by Gasteiger charge is 2.26.